The Labute approximate surface area is 74.2 Å². The standard InChI is InChI=1S/C7H9N3O/c8-6-1-2-9-7(10-6)5-3-11-4-5/h1-2,5H,3-4H2,(H2,8,9,10)/i1D,2D,3D2,4D2,5D. The second kappa shape index (κ2) is 2.47. The first-order valence-corrected chi connectivity index (χ1v) is 2.84. The van der Waals surface area contributed by atoms with Crippen molar-refractivity contribution >= 4 is 5.82 Å². The molecule has 1 aliphatic heterocycles. The summed E-state index contributed by atoms with van der Waals surface area (Å²) in [6.45, 7) is -5.28. The van der Waals surface area contributed by atoms with E-state index in [0.29, 0.717) is 0 Å². The molecule has 0 saturated carbocycles. The van der Waals surface area contributed by atoms with Crippen LogP contribution in [0.5, 0.6) is 0 Å². The highest BCUT2D eigenvalue weighted by molar-refractivity contribution is 5.26. The summed E-state index contributed by atoms with van der Waals surface area (Å²) in [6.07, 6.45) is -0.595. The maximum absolute atomic E-state index is 7.87. The molecule has 0 atom stereocenters. The molecule has 1 fully saturated rings. The summed E-state index contributed by atoms with van der Waals surface area (Å²) in [5.41, 5.74) is 5.35. The van der Waals surface area contributed by atoms with Gasteiger partial charge in [0.25, 0.3) is 0 Å². The van der Waals surface area contributed by atoms with Crippen LogP contribution in [0.3, 0.4) is 0 Å². The number of anilines is 1. The molecule has 1 aliphatic rings. The second-order valence-electron chi connectivity index (χ2n) is 1.85. The number of rotatable bonds is 1. The maximum Gasteiger partial charge on any atom is 0.138 e. The van der Waals surface area contributed by atoms with E-state index in [1.54, 1.807) is 0 Å². The van der Waals surface area contributed by atoms with Gasteiger partial charge in [-0.3, -0.25) is 0 Å². The molecule has 4 nitrogen and oxygen atoms in total. The minimum absolute atomic E-state index is 0.407. The zero-order chi connectivity index (χ0) is 13.9. The van der Waals surface area contributed by atoms with Crippen molar-refractivity contribution in [2.75, 3.05) is 18.9 Å². The van der Waals surface area contributed by atoms with Gasteiger partial charge in [0, 0.05) is 7.54 Å². The average Bonchev–Trinajstić information content (AvgIpc) is 2.22. The van der Waals surface area contributed by atoms with Crippen LogP contribution in [-0.4, -0.2) is 23.1 Å². The number of ether oxygens (including phenoxy) is 1. The fraction of sp³-hybridized carbons (Fsp3) is 0.429. The Kier molecular flexibility index (Phi) is 0.542. The van der Waals surface area contributed by atoms with Crippen molar-refractivity contribution in [2.24, 2.45) is 0 Å². The largest absolute Gasteiger partial charge is 0.384 e. The molecule has 0 unspecified atom stereocenters. The molecular formula is C7H9N3O. The molecule has 0 radical (unpaired) electrons. The molecular weight excluding hydrogens is 142 g/mol. The Morgan fingerprint density at radius 1 is 1.91 bits per heavy atom. The fourth-order valence-electron chi connectivity index (χ4n) is 0.610. The number of hydrogen-bond donors (Lipinski definition) is 1. The van der Waals surface area contributed by atoms with E-state index in [4.69, 9.17) is 15.3 Å². The average molecular weight is 158 g/mol. The van der Waals surface area contributed by atoms with Crippen LogP contribution in [0, 0.1) is 0 Å². The normalized spacial score (nSPS) is 39.1. The lowest BCUT2D eigenvalue weighted by molar-refractivity contribution is 0.00491. The quantitative estimate of drug-likeness (QED) is 0.633. The molecule has 4 heteroatoms. The molecule has 2 rings (SSSR count). The monoisotopic (exact) mass is 158 g/mol. The minimum atomic E-state index is -2.64. The minimum Gasteiger partial charge on any atom is -0.384 e. The Morgan fingerprint density at radius 3 is 3.36 bits per heavy atom. The third-order valence-corrected chi connectivity index (χ3v) is 1.10. The molecule has 2 N–H and O–H groups in total. The Balaban J connectivity index is 2.61. The summed E-state index contributed by atoms with van der Waals surface area (Å²) in [6, 6.07) is -0.455. The molecule has 0 bridgehead atoms. The molecule has 1 saturated heterocycles. The predicted molar refractivity (Wildman–Crippen MR) is 40.0 cm³/mol. The molecule has 0 aliphatic carbocycles. The van der Waals surface area contributed by atoms with Crippen LogP contribution in [0.25, 0.3) is 0 Å². The third-order valence-electron chi connectivity index (χ3n) is 1.10. The van der Waals surface area contributed by atoms with Crippen molar-refractivity contribution < 1.29 is 14.3 Å². The topological polar surface area (TPSA) is 61.0 Å². The van der Waals surface area contributed by atoms with E-state index >= 15 is 0 Å². The van der Waals surface area contributed by atoms with Crippen molar-refractivity contribution in [2.45, 2.75) is 5.89 Å². The molecule has 2 heterocycles. The van der Waals surface area contributed by atoms with Gasteiger partial charge in [0.05, 0.1) is 27.2 Å². The van der Waals surface area contributed by atoms with Gasteiger partial charge in [-0.15, -0.1) is 0 Å². The molecule has 11 heavy (non-hydrogen) atoms. The van der Waals surface area contributed by atoms with Crippen LogP contribution in [0.1, 0.15) is 21.3 Å². The highest BCUT2D eigenvalue weighted by atomic mass is 16.5. The van der Waals surface area contributed by atoms with Gasteiger partial charge in [0.15, 0.2) is 0 Å². The first kappa shape index (κ1) is 2.42. The van der Waals surface area contributed by atoms with Crippen molar-refractivity contribution in [3.8, 4) is 0 Å². The van der Waals surface area contributed by atoms with Gasteiger partial charge in [-0.05, 0) is 6.04 Å². The summed E-state index contributed by atoms with van der Waals surface area (Å²) in [4.78, 5) is 6.99. The van der Waals surface area contributed by atoms with Crippen LogP contribution in [0.2, 0.25) is 0 Å². The van der Waals surface area contributed by atoms with Crippen LogP contribution >= 0.6 is 0 Å². The van der Waals surface area contributed by atoms with Crippen LogP contribution < -0.4 is 5.73 Å². The van der Waals surface area contributed by atoms with Crippen molar-refractivity contribution in [1.29, 1.82) is 0 Å². The van der Waals surface area contributed by atoms with Crippen LogP contribution in [0.4, 0.5) is 5.82 Å². The SMILES string of the molecule is [2H]c1nc(C2([2H])C([2H])([2H])OC2([2H])[2H])nc(N)c1[2H]. The summed E-state index contributed by atoms with van der Waals surface area (Å²) in [5.74, 6) is -3.55. The first-order chi connectivity index (χ1) is 8.03. The number of nitrogen functional groups attached to an aromatic ring is 1. The number of nitrogens with two attached hydrogens (primary N) is 1. The Hall–Kier alpha value is -1.16. The zero-order valence-electron chi connectivity index (χ0n) is 12.4. The smallest absolute Gasteiger partial charge is 0.138 e. The Bertz CT molecular complexity index is 483. The summed E-state index contributed by atoms with van der Waals surface area (Å²) in [5, 5.41) is 0. The fourth-order valence-corrected chi connectivity index (χ4v) is 0.610. The molecule has 0 amide bonds. The van der Waals surface area contributed by atoms with Crippen molar-refractivity contribution in [3.05, 3.63) is 18.0 Å². The van der Waals surface area contributed by atoms with Gasteiger partial charge in [-0.1, -0.05) is 0 Å². The lowest BCUT2D eigenvalue weighted by Gasteiger charge is -2.24. The highest BCUT2D eigenvalue weighted by Gasteiger charge is 2.22. The summed E-state index contributed by atoms with van der Waals surface area (Å²) >= 11 is 0. The predicted octanol–water partition coefficient (Wildman–Crippen LogP) is 0.173. The molecule has 1 aromatic heterocycles. The number of aromatic nitrogens is 2. The van der Waals surface area contributed by atoms with Crippen LogP contribution in [0.15, 0.2) is 12.2 Å². The lowest BCUT2D eigenvalue weighted by Crippen LogP contribution is -2.27. The van der Waals surface area contributed by atoms with Gasteiger partial charge in [0.2, 0.25) is 0 Å². The van der Waals surface area contributed by atoms with E-state index in [0.717, 1.165) is 0 Å². The van der Waals surface area contributed by atoms with Gasteiger partial charge < -0.3 is 10.5 Å². The second-order valence-corrected chi connectivity index (χ2v) is 1.85. The van der Waals surface area contributed by atoms with Gasteiger partial charge in [0.1, 0.15) is 11.6 Å². The maximum atomic E-state index is 7.87. The van der Waals surface area contributed by atoms with E-state index in [2.05, 4.69) is 14.7 Å². The van der Waals surface area contributed by atoms with E-state index < -0.39 is 42.9 Å². The van der Waals surface area contributed by atoms with Gasteiger partial charge >= 0.3 is 0 Å². The van der Waals surface area contributed by atoms with Crippen molar-refractivity contribution in [1.82, 2.24) is 9.97 Å². The summed E-state index contributed by atoms with van der Waals surface area (Å²) < 4.78 is 56.5. The van der Waals surface area contributed by atoms with Crippen LogP contribution in [-0.2, 0) is 4.74 Å². The summed E-state index contributed by atoms with van der Waals surface area (Å²) in [7, 11) is 0. The van der Waals surface area contributed by atoms with Gasteiger partial charge in [-0.25, -0.2) is 9.97 Å². The third kappa shape index (κ3) is 1.17. The first-order valence-electron chi connectivity index (χ1n) is 6.34. The van der Waals surface area contributed by atoms with E-state index in [-0.39, 0.29) is 0 Å². The molecule has 58 valence electrons. The Morgan fingerprint density at radius 2 is 2.73 bits per heavy atom. The molecule has 0 spiro atoms. The number of nitrogens with zero attached hydrogens (tertiary/aromatic N) is 2. The zero-order valence-corrected chi connectivity index (χ0v) is 5.38. The van der Waals surface area contributed by atoms with Gasteiger partial charge in [-0.2, -0.15) is 0 Å². The van der Waals surface area contributed by atoms with Crippen molar-refractivity contribution in [3.63, 3.8) is 0 Å². The highest BCUT2D eigenvalue weighted by Crippen LogP contribution is 2.20. The molecule has 0 aromatic carbocycles. The lowest BCUT2D eigenvalue weighted by atomic mass is 10.1. The van der Waals surface area contributed by atoms with E-state index in [1.165, 1.54) is 0 Å². The van der Waals surface area contributed by atoms with E-state index in [9.17, 15) is 0 Å². The number of hydrogen-bond acceptors (Lipinski definition) is 4. The molecule has 1 aromatic rings. The van der Waals surface area contributed by atoms with E-state index in [1.807, 2.05) is 0 Å².